The lowest BCUT2D eigenvalue weighted by Gasteiger charge is -2.21. The first-order valence-electron chi connectivity index (χ1n) is 14.1. The van der Waals surface area contributed by atoms with Gasteiger partial charge in [-0.2, -0.15) is 0 Å². The standard InChI is InChI=1S/C30H47NO9/c1-9-11-20(5)27(32)39-25-14-13-23(16-26(25)40-28(33)21(6)12-10-2)15-24(29(34)36-8)31-17-22(7)38-30(35)37-18-19(3)4/h13-14,16,19-22,24,31H,9-12,15,17-18H2,1-8H3/t20?,21?,22?,24-/m0/s1. The van der Waals surface area contributed by atoms with Crippen molar-refractivity contribution in [3.63, 3.8) is 0 Å². The molecule has 0 aromatic heterocycles. The van der Waals surface area contributed by atoms with Gasteiger partial charge < -0.3 is 29.0 Å². The molecule has 0 aliphatic heterocycles. The summed E-state index contributed by atoms with van der Waals surface area (Å²) in [7, 11) is 1.28. The first-order valence-corrected chi connectivity index (χ1v) is 14.1. The maximum absolute atomic E-state index is 12.7. The van der Waals surface area contributed by atoms with E-state index in [1.807, 2.05) is 27.7 Å². The van der Waals surface area contributed by atoms with E-state index in [0.717, 1.165) is 12.8 Å². The first-order chi connectivity index (χ1) is 18.9. The fourth-order valence-electron chi connectivity index (χ4n) is 3.76. The lowest BCUT2D eigenvalue weighted by atomic mass is 10.0. The van der Waals surface area contributed by atoms with Gasteiger partial charge in [-0.25, -0.2) is 4.79 Å². The van der Waals surface area contributed by atoms with Crippen LogP contribution in [0.15, 0.2) is 18.2 Å². The van der Waals surface area contributed by atoms with Crippen LogP contribution in [0.3, 0.4) is 0 Å². The summed E-state index contributed by atoms with van der Waals surface area (Å²) in [5.41, 5.74) is 0.639. The molecule has 0 saturated heterocycles. The van der Waals surface area contributed by atoms with Crippen LogP contribution < -0.4 is 14.8 Å². The molecule has 0 radical (unpaired) electrons. The lowest BCUT2D eigenvalue weighted by Crippen LogP contribution is -2.43. The van der Waals surface area contributed by atoms with Crippen LogP contribution in [0.25, 0.3) is 0 Å². The van der Waals surface area contributed by atoms with Crippen molar-refractivity contribution in [3.05, 3.63) is 23.8 Å². The molecule has 4 atom stereocenters. The van der Waals surface area contributed by atoms with E-state index in [2.05, 4.69) is 5.32 Å². The number of hydrogen-bond donors (Lipinski definition) is 1. The number of esters is 3. The number of ether oxygens (including phenoxy) is 5. The monoisotopic (exact) mass is 565 g/mol. The molecule has 1 aromatic carbocycles. The summed E-state index contributed by atoms with van der Waals surface area (Å²) >= 11 is 0. The Kier molecular flexibility index (Phi) is 15.9. The van der Waals surface area contributed by atoms with Crippen LogP contribution >= 0.6 is 0 Å². The van der Waals surface area contributed by atoms with Gasteiger partial charge >= 0.3 is 24.1 Å². The summed E-state index contributed by atoms with van der Waals surface area (Å²) in [5, 5.41) is 3.06. The third kappa shape index (κ3) is 12.8. The highest BCUT2D eigenvalue weighted by atomic mass is 16.7. The Bertz CT molecular complexity index is 962. The fourth-order valence-corrected chi connectivity index (χ4v) is 3.76. The number of rotatable bonds is 17. The van der Waals surface area contributed by atoms with Gasteiger partial charge in [-0.05, 0) is 49.8 Å². The molecule has 0 aliphatic carbocycles. The summed E-state index contributed by atoms with van der Waals surface area (Å²) in [4.78, 5) is 49.7. The molecule has 226 valence electrons. The quantitative estimate of drug-likeness (QED) is 0.198. The van der Waals surface area contributed by atoms with Crippen molar-refractivity contribution in [1.82, 2.24) is 5.32 Å². The summed E-state index contributed by atoms with van der Waals surface area (Å²) in [6.45, 7) is 13.5. The third-order valence-electron chi connectivity index (χ3n) is 6.09. The topological polar surface area (TPSA) is 126 Å². The predicted molar refractivity (Wildman–Crippen MR) is 150 cm³/mol. The maximum Gasteiger partial charge on any atom is 0.508 e. The second kappa shape index (κ2) is 18.3. The van der Waals surface area contributed by atoms with Crippen molar-refractivity contribution >= 4 is 24.1 Å². The van der Waals surface area contributed by atoms with Crippen LogP contribution in [-0.2, 0) is 35.0 Å². The molecule has 40 heavy (non-hydrogen) atoms. The average Bonchev–Trinajstić information content (AvgIpc) is 2.90. The molecule has 3 unspecified atom stereocenters. The van der Waals surface area contributed by atoms with E-state index >= 15 is 0 Å². The Morgan fingerprint density at radius 3 is 1.93 bits per heavy atom. The van der Waals surface area contributed by atoms with Crippen LogP contribution in [0.2, 0.25) is 0 Å². The molecule has 0 amide bonds. The highest BCUT2D eigenvalue weighted by Crippen LogP contribution is 2.31. The predicted octanol–water partition coefficient (Wildman–Crippen LogP) is 5.24. The van der Waals surface area contributed by atoms with Gasteiger partial charge in [-0.15, -0.1) is 0 Å². The van der Waals surface area contributed by atoms with E-state index in [4.69, 9.17) is 23.7 Å². The largest absolute Gasteiger partial charge is 0.508 e. The van der Waals surface area contributed by atoms with Crippen molar-refractivity contribution < 1.29 is 42.9 Å². The molecule has 0 fully saturated rings. The van der Waals surface area contributed by atoms with E-state index in [1.54, 1.807) is 39.0 Å². The van der Waals surface area contributed by atoms with Crippen LogP contribution in [0.5, 0.6) is 11.5 Å². The Morgan fingerprint density at radius 2 is 1.40 bits per heavy atom. The van der Waals surface area contributed by atoms with Gasteiger partial charge in [-0.3, -0.25) is 14.4 Å². The minimum Gasteiger partial charge on any atom is -0.468 e. The second-order valence-corrected chi connectivity index (χ2v) is 10.6. The number of methoxy groups -OCH3 is 1. The van der Waals surface area contributed by atoms with Crippen molar-refractivity contribution in [2.75, 3.05) is 20.3 Å². The van der Waals surface area contributed by atoms with E-state index in [9.17, 15) is 19.2 Å². The van der Waals surface area contributed by atoms with E-state index < -0.39 is 36.2 Å². The highest BCUT2D eigenvalue weighted by molar-refractivity contribution is 5.79. The molecule has 0 aliphatic rings. The molecular weight excluding hydrogens is 518 g/mol. The Labute approximate surface area is 238 Å². The molecule has 1 rings (SSSR count). The highest BCUT2D eigenvalue weighted by Gasteiger charge is 2.24. The normalized spacial score (nSPS) is 14.0. The van der Waals surface area contributed by atoms with Crippen molar-refractivity contribution in [2.24, 2.45) is 17.8 Å². The molecule has 0 heterocycles. The summed E-state index contributed by atoms with van der Waals surface area (Å²) in [6.07, 6.45) is 1.79. The lowest BCUT2D eigenvalue weighted by molar-refractivity contribution is -0.143. The van der Waals surface area contributed by atoms with E-state index in [0.29, 0.717) is 18.4 Å². The van der Waals surface area contributed by atoms with Crippen molar-refractivity contribution in [2.45, 2.75) is 92.7 Å². The van der Waals surface area contributed by atoms with Gasteiger partial charge in [0.05, 0.1) is 25.6 Å². The molecular formula is C30H47NO9. The van der Waals surface area contributed by atoms with Crippen LogP contribution in [0.4, 0.5) is 4.79 Å². The fraction of sp³-hybridized carbons (Fsp3) is 0.667. The maximum atomic E-state index is 12.7. The Morgan fingerprint density at radius 1 is 0.825 bits per heavy atom. The van der Waals surface area contributed by atoms with Crippen molar-refractivity contribution in [3.8, 4) is 11.5 Å². The molecule has 10 heteroatoms. The minimum absolute atomic E-state index is 0.107. The zero-order chi connectivity index (χ0) is 30.2. The van der Waals surface area contributed by atoms with E-state index in [1.165, 1.54) is 7.11 Å². The molecule has 0 spiro atoms. The van der Waals surface area contributed by atoms with Gasteiger partial charge in [0, 0.05) is 6.54 Å². The second-order valence-electron chi connectivity index (χ2n) is 10.6. The Hall–Kier alpha value is -3.14. The first kappa shape index (κ1) is 34.9. The molecule has 0 bridgehead atoms. The summed E-state index contributed by atoms with van der Waals surface area (Å²) in [5.74, 6) is -1.60. The number of carbonyl (C=O) groups is 4. The van der Waals surface area contributed by atoms with Gasteiger partial charge in [0.2, 0.25) is 0 Å². The third-order valence-corrected chi connectivity index (χ3v) is 6.09. The number of hydrogen-bond acceptors (Lipinski definition) is 10. The van der Waals surface area contributed by atoms with Gasteiger partial charge in [0.1, 0.15) is 12.1 Å². The van der Waals surface area contributed by atoms with E-state index in [-0.39, 0.29) is 48.8 Å². The van der Waals surface area contributed by atoms with Gasteiger partial charge in [0.25, 0.3) is 0 Å². The smallest absolute Gasteiger partial charge is 0.468 e. The number of carbonyl (C=O) groups excluding carboxylic acids is 4. The number of nitrogens with one attached hydrogen (secondary N) is 1. The molecule has 1 N–H and O–H groups in total. The Balaban J connectivity index is 3.08. The average molecular weight is 566 g/mol. The minimum atomic E-state index is -0.789. The van der Waals surface area contributed by atoms with Crippen molar-refractivity contribution in [1.29, 1.82) is 0 Å². The van der Waals surface area contributed by atoms with Gasteiger partial charge in [0.15, 0.2) is 11.5 Å². The van der Waals surface area contributed by atoms with Crippen LogP contribution in [0.1, 0.15) is 79.7 Å². The summed E-state index contributed by atoms with van der Waals surface area (Å²) < 4.78 is 26.5. The zero-order valence-electron chi connectivity index (χ0n) is 25.2. The SMILES string of the molecule is CCCC(C)C(=O)Oc1ccc(C[C@H](NCC(C)OC(=O)OCC(C)C)C(=O)OC)cc1OC(=O)C(C)CCC. The molecule has 10 nitrogen and oxygen atoms in total. The molecule has 0 saturated carbocycles. The van der Waals surface area contributed by atoms with Crippen LogP contribution in [-0.4, -0.2) is 56.5 Å². The van der Waals surface area contributed by atoms with Crippen LogP contribution in [0, 0.1) is 17.8 Å². The van der Waals surface area contributed by atoms with Gasteiger partial charge in [-0.1, -0.05) is 60.5 Å². The molecule has 1 aromatic rings. The summed E-state index contributed by atoms with van der Waals surface area (Å²) in [6, 6.07) is 4.05. The number of benzene rings is 1. The zero-order valence-corrected chi connectivity index (χ0v) is 25.2.